The van der Waals surface area contributed by atoms with Crippen molar-refractivity contribution in [2.24, 2.45) is 0 Å². The molecule has 0 spiro atoms. The summed E-state index contributed by atoms with van der Waals surface area (Å²) in [5.41, 5.74) is 3.14. The SMILES string of the molecule is CCC(C)c1ccccc1NC(=O)C(C)Sc1nnnn1Cc1ccccc1. The molecule has 0 saturated carbocycles. The Bertz CT molecular complexity index is 912. The molecule has 2 aromatic carbocycles. The third-order valence-electron chi connectivity index (χ3n) is 4.69. The van der Waals surface area contributed by atoms with Crippen molar-refractivity contribution in [1.82, 2.24) is 20.2 Å². The number of hydrogen-bond donors (Lipinski definition) is 1. The molecule has 2 atom stereocenters. The minimum Gasteiger partial charge on any atom is -0.325 e. The summed E-state index contributed by atoms with van der Waals surface area (Å²) >= 11 is 1.36. The highest BCUT2D eigenvalue weighted by molar-refractivity contribution is 8.00. The second-order valence-corrected chi connectivity index (χ2v) is 8.06. The molecule has 28 heavy (non-hydrogen) atoms. The Morgan fingerprint density at radius 3 is 2.57 bits per heavy atom. The second-order valence-electron chi connectivity index (χ2n) is 6.75. The lowest BCUT2D eigenvalue weighted by Crippen LogP contribution is -2.24. The summed E-state index contributed by atoms with van der Waals surface area (Å²) in [6.07, 6.45) is 1.02. The summed E-state index contributed by atoms with van der Waals surface area (Å²) in [5.74, 6) is 0.327. The number of rotatable bonds is 8. The van der Waals surface area contributed by atoms with Gasteiger partial charge in [0, 0.05) is 5.69 Å². The fourth-order valence-electron chi connectivity index (χ4n) is 2.84. The highest BCUT2D eigenvalue weighted by atomic mass is 32.2. The molecule has 146 valence electrons. The van der Waals surface area contributed by atoms with E-state index < -0.39 is 0 Å². The number of hydrogen-bond acceptors (Lipinski definition) is 5. The number of benzene rings is 2. The van der Waals surface area contributed by atoms with Crippen LogP contribution in [-0.2, 0) is 11.3 Å². The first-order valence-corrected chi connectivity index (χ1v) is 10.3. The maximum absolute atomic E-state index is 12.8. The third kappa shape index (κ3) is 4.98. The Hall–Kier alpha value is -2.67. The van der Waals surface area contributed by atoms with Crippen molar-refractivity contribution in [3.8, 4) is 0 Å². The number of carbonyl (C=O) groups excluding carboxylic acids is 1. The number of amides is 1. The molecule has 0 aliphatic rings. The molecule has 1 heterocycles. The zero-order valence-corrected chi connectivity index (χ0v) is 17.2. The molecule has 0 aliphatic carbocycles. The van der Waals surface area contributed by atoms with Crippen molar-refractivity contribution >= 4 is 23.4 Å². The summed E-state index contributed by atoms with van der Waals surface area (Å²) in [6.45, 7) is 6.75. The van der Waals surface area contributed by atoms with Gasteiger partial charge in [-0.25, -0.2) is 4.68 Å². The van der Waals surface area contributed by atoms with Crippen molar-refractivity contribution in [2.75, 3.05) is 5.32 Å². The van der Waals surface area contributed by atoms with E-state index in [0.29, 0.717) is 17.6 Å². The molecule has 7 heteroatoms. The van der Waals surface area contributed by atoms with E-state index in [1.807, 2.05) is 55.5 Å². The summed E-state index contributed by atoms with van der Waals surface area (Å²) in [5, 5.41) is 15.3. The monoisotopic (exact) mass is 395 g/mol. The zero-order chi connectivity index (χ0) is 19.9. The number of anilines is 1. The van der Waals surface area contributed by atoms with Gasteiger partial charge >= 0.3 is 0 Å². The van der Waals surface area contributed by atoms with Crippen molar-refractivity contribution in [1.29, 1.82) is 0 Å². The first kappa shape index (κ1) is 20.1. The minimum atomic E-state index is -0.328. The predicted octanol–water partition coefficient (Wildman–Crippen LogP) is 4.35. The number of carbonyl (C=O) groups is 1. The van der Waals surface area contributed by atoms with Gasteiger partial charge in [0.15, 0.2) is 0 Å². The molecule has 0 bridgehead atoms. The van der Waals surface area contributed by atoms with Crippen LogP contribution in [-0.4, -0.2) is 31.4 Å². The lowest BCUT2D eigenvalue weighted by molar-refractivity contribution is -0.115. The molecule has 0 aliphatic heterocycles. The number of nitrogens with zero attached hydrogens (tertiary/aromatic N) is 4. The van der Waals surface area contributed by atoms with Crippen molar-refractivity contribution < 1.29 is 4.79 Å². The summed E-state index contributed by atoms with van der Waals surface area (Å²) < 4.78 is 1.72. The molecule has 2 unspecified atom stereocenters. The van der Waals surface area contributed by atoms with E-state index in [1.54, 1.807) is 4.68 Å². The van der Waals surface area contributed by atoms with Gasteiger partial charge in [-0.1, -0.05) is 74.1 Å². The van der Waals surface area contributed by atoms with Gasteiger partial charge in [-0.2, -0.15) is 0 Å². The molecule has 0 fully saturated rings. The Morgan fingerprint density at radius 2 is 1.82 bits per heavy atom. The molecule has 1 amide bonds. The molecule has 3 aromatic rings. The summed E-state index contributed by atoms with van der Waals surface area (Å²) in [4.78, 5) is 12.8. The Morgan fingerprint density at radius 1 is 1.11 bits per heavy atom. The number of tetrazole rings is 1. The van der Waals surface area contributed by atoms with Gasteiger partial charge in [-0.3, -0.25) is 4.79 Å². The van der Waals surface area contributed by atoms with Crippen LogP contribution in [0.1, 0.15) is 44.2 Å². The van der Waals surface area contributed by atoms with Crippen LogP contribution in [0, 0.1) is 0 Å². The minimum absolute atomic E-state index is 0.0602. The fourth-order valence-corrected chi connectivity index (χ4v) is 3.63. The smallest absolute Gasteiger partial charge is 0.237 e. The zero-order valence-electron chi connectivity index (χ0n) is 16.4. The first-order valence-electron chi connectivity index (χ1n) is 9.45. The van der Waals surface area contributed by atoms with Gasteiger partial charge in [0.2, 0.25) is 11.1 Å². The van der Waals surface area contributed by atoms with Crippen LogP contribution in [0.2, 0.25) is 0 Å². The van der Waals surface area contributed by atoms with Gasteiger partial charge in [-0.15, -0.1) is 5.10 Å². The van der Waals surface area contributed by atoms with Crippen LogP contribution < -0.4 is 5.32 Å². The quantitative estimate of drug-likeness (QED) is 0.574. The molecular weight excluding hydrogens is 370 g/mol. The molecule has 3 rings (SSSR count). The maximum Gasteiger partial charge on any atom is 0.237 e. The van der Waals surface area contributed by atoms with Crippen LogP contribution in [0.4, 0.5) is 5.69 Å². The van der Waals surface area contributed by atoms with Gasteiger partial charge in [0.25, 0.3) is 0 Å². The van der Waals surface area contributed by atoms with E-state index in [2.05, 4.69) is 40.8 Å². The molecular formula is C21H25N5OS. The van der Waals surface area contributed by atoms with E-state index >= 15 is 0 Å². The Balaban J connectivity index is 1.67. The van der Waals surface area contributed by atoms with E-state index in [1.165, 1.54) is 11.8 Å². The highest BCUT2D eigenvalue weighted by Gasteiger charge is 2.20. The molecule has 6 nitrogen and oxygen atoms in total. The topological polar surface area (TPSA) is 72.7 Å². The van der Waals surface area contributed by atoms with E-state index in [-0.39, 0.29) is 11.2 Å². The lowest BCUT2D eigenvalue weighted by atomic mass is 9.97. The Labute approximate surface area is 169 Å². The molecule has 1 N–H and O–H groups in total. The second kappa shape index (κ2) is 9.50. The standard InChI is InChI=1S/C21H25N5OS/c1-4-15(2)18-12-8-9-13-19(18)22-20(27)16(3)28-21-23-24-25-26(21)14-17-10-6-5-7-11-17/h5-13,15-16H,4,14H2,1-3H3,(H,22,27). The Kier molecular flexibility index (Phi) is 6.81. The third-order valence-corrected chi connectivity index (χ3v) is 5.76. The number of thioether (sulfide) groups is 1. The maximum atomic E-state index is 12.8. The highest BCUT2D eigenvalue weighted by Crippen LogP contribution is 2.28. The molecule has 1 aromatic heterocycles. The average molecular weight is 396 g/mol. The predicted molar refractivity (Wildman–Crippen MR) is 112 cm³/mol. The number of nitrogens with one attached hydrogen (secondary N) is 1. The van der Waals surface area contributed by atoms with Crippen molar-refractivity contribution in [3.63, 3.8) is 0 Å². The average Bonchev–Trinajstić information content (AvgIpc) is 3.15. The van der Waals surface area contributed by atoms with Crippen molar-refractivity contribution in [3.05, 3.63) is 65.7 Å². The van der Waals surface area contributed by atoms with E-state index in [9.17, 15) is 4.79 Å². The van der Waals surface area contributed by atoms with Gasteiger partial charge in [0.05, 0.1) is 11.8 Å². The van der Waals surface area contributed by atoms with Crippen LogP contribution >= 0.6 is 11.8 Å². The molecule has 0 saturated heterocycles. The van der Waals surface area contributed by atoms with E-state index in [4.69, 9.17) is 0 Å². The number of para-hydroxylation sites is 1. The van der Waals surface area contributed by atoms with Crippen LogP contribution in [0.5, 0.6) is 0 Å². The van der Waals surface area contributed by atoms with Gasteiger partial charge < -0.3 is 5.32 Å². The summed E-state index contributed by atoms with van der Waals surface area (Å²) in [7, 11) is 0. The normalized spacial score (nSPS) is 13.1. The largest absolute Gasteiger partial charge is 0.325 e. The van der Waals surface area contributed by atoms with Gasteiger partial charge in [0.1, 0.15) is 0 Å². The van der Waals surface area contributed by atoms with Crippen molar-refractivity contribution in [2.45, 2.75) is 50.1 Å². The van der Waals surface area contributed by atoms with Crippen LogP contribution in [0.3, 0.4) is 0 Å². The van der Waals surface area contributed by atoms with Crippen LogP contribution in [0.15, 0.2) is 59.8 Å². The summed E-state index contributed by atoms with van der Waals surface area (Å²) in [6, 6.07) is 18.0. The number of aromatic nitrogens is 4. The first-order chi connectivity index (χ1) is 13.6. The lowest BCUT2D eigenvalue weighted by Gasteiger charge is -2.17. The van der Waals surface area contributed by atoms with Crippen LogP contribution in [0.25, 0.3) is 0 Å². The fraction of sp³-hybridized carbons (Fsp3) is 0.333. The molecule has 0 radical (unpaired) electrons. The van der Waals surface area contributed by atoms with Gasteiger partial charge in [-0.05, 0) is 46.9 Å². The van der Waals surface area contributed by atoms with E-state index in [0.717, 1.165) is 23.2 Å².